The number of hydrogen-bond acceptors (Lipinski definition) is 3. The number of hydrogen-bond donors (Lipinski definition) is 1. The van der Waals surface area contributed by atoms with E-state index in [1.807, 2.05) is 0 Å². The van der Waals surface area contributed by atoms with Gasteiger partial charge in [-0.2, -0.15) is 5.10 Å². The molecule has 2 aromatic rings. The molecule has 80 valence electrons. The first kappa shape index (κ1) is 10.9. The third-order valence-electron chi connectivity index (χ3n) is 1.95. The minimum absolute atomic E-state index is 0.204. The summed E-state index contributed by atoms with van der Waals surface area (Å²) >= 11 is 3.27. The Hall–Kier alpha value is -0.590. The van der Waals surface area contributed by atoms with Gasteiger partial charge in [-0.3, -0.25) is 5.10 Å². The third-order valence-corrected chi connectivity index (χ3v) is 3.51. The van der Waals surface area contributed by atoms with Crippen molar-refractivity contribution in [2.75, 3.05) is 0 Å². The Balaban J connectivity index is 2.65. The van der Waals surface area contributed by atoms with Gasteiger partial charge in [0, 0.05) is 16.1 Å². The molecular formula is C8H6BrClN2O2S. The van der Waals surface area contributed by atoms with E-state index in [-0.39, 0.29) is 5.75 Å². The summed E-state index contributed by atoms with van der Waals surface area (Å²) in [5, 5.41) is 7.48. The van der Waals surface area contributed by atoms with Gasteiger partial charge in [0.1, 0.15) is 4.60 Å². The van der Waals surface area contributed by atoms with E-state index in [9.17, 15) is 8.42 Å². The van der Waals surface area contributed by atoms with Gasteiger partial charge in [-0.15, -0.1) is 0 Å². The van der Waals surface area contributed by atoms with Crippen LogP contribution in [-0.4, -0.2) is 18.6 Å². The zero-order chi connectivity index (χ0) is 11.1. The van der Waals surface area contributed by atoms with E-state index >= 15 is 0 Å². The van der Waals surface area contributed by atoms with Gasteiger partial charge in [-0.05, 0) is 27.6 Å². The van der Waals surface area contributed by atoms with E-state index < -0.39 is 9.05 Å². The van der Waals surface area contributed by atoms with Crippen molar-refractivity contribution in [2.24, 2.45) is 0 Å². The molecular weight excluding hydrogens is 304 g/mol. The Kier molecular flexibility index (Phi) is 2.74. The molecule has 0 spiro atoms. The second-order valence-corrected chi connectivity index (χ2v) is 6.60. The highest BCUT2D eigenvalue weighted by Gasteiger charge is 2.13. The quantitative estimate of drug-likeness (QED) is 0.866. The van der Waals surface area contributed by atoms with E-state index in [2.05, 4.69) is 26.1 Å². The first-order chi connectivity index (χ1) is 6.97. The van der Waals surface area contributed by atoms with E-state index in [0.29, 0.717) is 15.7 Å². The van der Waals surface area contributed by atoms with Crippen LogP contribution in [-0.2, 0) is 14.8 Å². The lowest BCUT2D eigenvalue weighted by atomic mass is 10.1. The van der Waals surface area contributed by atoms with Crippen molar-refractivity contribution in [3.05, 3.63) is 28.4 Å². The SMILES string of the molecule is O=S(=O)(Cl)Cc1cccc2n[nH]c(Br)c12. The number of H-pyrrole nitrogens is 1. The zero-order valence-electron chi connectivity index (χ0n) is 7.37. The predicted octanol–water partition coefficient (Wildman–Crippen LogP) is 2.39. The second-order valence-electron chi connectivity index (χ2n) is 3.03. The third kappa shape index (κ3) is 2.32. The van der Waals surface area contributed by atoms with Crippen molar-refractivity contribution < 1.29 is 8.42 Å². The van der Waals surface area contributed by atoms with Crippen LogP contribution in [0.2, 0.25) is 0 Å². The minimum atomic E-state index is -3.55. The summed E-state index contributed by atoms with van der Waals surface area (Å²) < 4.78 is 22.7. The van der Waals surface area contributed by atoms with Crippen molar-refractivity contribution in [2.45, 2.75) is 5.75 Å². The van der Waals surface area contributed by atoms with Crippen molar-refractivity contribution in [1.82, 2.24) is 10.2 Å². The normalized spacial score (nSPS) is 12.1. The molecule has 0 unspecified atom stereocenters. The highest BCUT2D eigenvalue weighted by atomic mass is 79.9. The maximum atomic E-state index is 11.0. The van der Waals surface area contributed by atoms with Crippen LogP contribution in [0, 0.1) is 0 Å². The fourth-order valence-electron chi connectivity index (χ4n) is 1.40. The molecule has 1 heterocycles. The van der Waals surface area contributed by atoms with Gasteiger partial charge < -0.3 is 0 Å². The molecule has 0 saturated heterocycles. The molecule has 15 heavy (non-hydrogen) atoms. The Morgan fingerprint density at radius 3 is 2.87 bits per heavy atom. The van der Waals surface area contributed by atoms with E-state index in [4.69, 9.17) is 10.7 Å². The summed E-state index contributed by atoms with van der Waals surface area (Å²) in [6.45, 7) is 0. The molecule has 0 bridgehead atoms. The van der Waals surface area contributed by atoms with Crippen molar-refractivity contribution in [1.29, 1.82) is 0 Å². The Morgan fingerprint density at radius 2 is 2.20 bits per heavy atom. The number of aromatic amines is 1. The first-order valence-electron chi connectivity index (χ1n) is 4.01. The van der Waals surface area contributed by atoms with Crippen LogP contribution in [0.1, 0.15) is 5.56 Å². The molecule has 0 atom stereocenters. The predicted molar refractivity (Wildman–Crippen MR) is 62.3 cm³/mol. The van der Waals surface area contributed by atoms with Gasteiger partial charge in [0.25, 0.3) is 0 Å². The van der Waals surface area contributed by atoms with Crippen LogP contribution in [0.25, 0.3) is 10.9 Å². The van der Waals surface area contributed by atoms with Crippen molar-refractivity contribution in [3.63, 3.8) is 0 Å². The van der Waals surface area contributed by atoms with Crippen LogP contribution >= 0.6 is 26.6 Å². The van der Waals surface area contributed by atoms with E-state index in [1.54, 1.807) is 18.2 Å². The fraction of sp³-hybridized carbons (Fsp3) is 0.125. The summed E-state index contributed by atoms with van der Waals surface area (Å²) in [5.74, 6) is -0.204. The van der Waals surface area contributed by atoms with Gasteiger partial charge in [0.15, 0.2) is 0 Å². The monoisotopic (exact) mass is 308 g/mol. The molecule has 0 aliphatic rings. The number of nitrogens with one attached hydrogen (secondary N) is 1. The highest BCUT2D eigenvalue weighted by molar-refractivity contribution is 9.10. The molecule has 0 amide bonds. The maximum Gasteiger partial charge on any atom is 0.236 e. The largest absolute Gasteiger partial charge is 0.270 e. The lowest BCUT2D eigenvalue weighted by molar-refractivity contribution is 0.609. The van der Waals surface area contributed by atoms with Gasteiger partial charge >= 0.3 is 0 Å². The highest BCUT2D eigenvalue weighted by Crippen LogP contribution is 2.26. The van der Waals surface area contributed by atoms with Crippen LogP contribution in [0.3, 0.4) is 0 Å². The smallest absolute Gasteiger partial charge is 0.236 e. The zero-order valence-corrected chi connectivity index (χ0v) is 10.5. The second kappa shape index (κ2) is 3.77. The summed E-state index contributed by atoms with van der Waals surface area (Å²) in [4.78, 5) is 0. The molecule has 1 aromatic carbocycles. The standard InChI is InChI=1S/C8H6BrClN2O2S/c9-8-7-5(4-15(10,13)14)2-1-3-6(7)11-12-8/h1-3H,4H2,(H,11,12). The molecule has 4 nitrogen and oxygen atoms in total. The van der Waals surface area contributed by atoms with E-state index in [0.717, 1.165) is 5.39 Å². The first-order valence-corrected chi connectivity index (χ1v) is 7.28. The van der Waals surface area contributed by atoms with Gasteiger partial charge in [0.2, 0.25) is 9.05 Å². The average molecular weight is 310 g/mol. The average Bonchev–Trinajstić information content (AvgIpc) is 2.46. The number of benzene rings is 1. The molecule has 0 radical (unpaired) electrons. The Labute approximate surface area is 99.2 Å². The number of fused-ring (bicyclic) bond motifs is 1. The molecule has 7 heteroatoms. The van der Waals surface area contributed by atoms with Crippen LogP contribution < -0.4 is 0 Å². The number of halogens is 2. The van der Waals surface area contributed by atoms with Crippen LogP contribution in [0.5, 0.6) is 0 Å². The van der Waals surface area contributed by atoms with Crippen molar-refractivity contribution >= 4 is 46.6 Å². The summed E-state index contributed by atoms with van der Waals surface area (Å²) in [6, 6.07) is 5.25. The van der Waals surface area contributed by atoms with Gasteiger partial charge in [-0.1, -0.05) is 12.1 Å². The Morgan fingerprint density at radius 1 is 1.47 bits per heavy atom. The van der Waals surface area contributed by atoms with Crippen LogP contribution in [0.15, 0.2) is 22.8 Å². The Bertz CT molecular complexity index is 608. The molecule has 0 saturated carbocycles. The molecule has 0 aliphatic heterocycles. The lowest BCUT2D eigenvalue weighted by Gasteiger charge is -1.99. The fourth-order valence-corrected chi connectivity index (χ4v) is 2.92. The van der Waals surface area contributed by atoms with Gasteiger partial charge in [0.05, 0.1) is 11.3 Å². The lowest BCUT2D eigenvalue weighted by Crippen LogP contribution is -1.95. The van der Waals surface area contributed by atoms with Gasteiger partial charge in [-0.25, -0.2) is 8.42 Å². The number of rotatable bonds is 2. The van der Waals surface area contributed by atoms with Crippen molar-refractivity contribution in [3.8, 4) is 0 Å². The number of aromatic nitrogens is 2. The topological polar surface area (TPSA) is 62.8 Å². The molecule has 2 rings (SSSR count). The molecule has 1 N–H and O–H groups in total. The summed E-state index contributed by atoms with van der Waals surface area (Å²) in [7, 11) is 1.66. The molecule has 1 aromatic heterocycles. The minimum Gasteiger partial charge on any atom is -0.270 e. The van der Waals surface area contributed by atoms with E-state index in [1.165, 1.54) is 0 Å². The summed E-state index contributed by atoms with van der Waals surface area (Å²) in [5.41, 5.74) is 1.34. The molecule has 0 fully saturated rings. The maximum absolute atomic E-state index is 11.0. The number of nitrogens with zero attached hydrogens (tertiary/aromatic N) is 1. The van der Waals surface area contributed by atoms with Crippen LogP contribution in [0.4, 0.5) is 0 Å². The molecule has 0 aliphatic carbocycles. The summed E-state index contributed by atoms with van der Waals surface area (Å²) in [6.07, 6.45) is 0.